The van der Waals surface area contributed by atoms with Crippen LogP contribution < -0.4 is 15.4 Å². The molecule has 2 unspecified atom stereocenters. The Morgan fingerprint density at radius 1 is 1.24 bits per heavy atom. The van der Waals surface area contributed by atoms with E-state index in [-0.39, 0.29) is 18.3 Å². The van der Waals surface area contributed by atoms with Crippen molar-refractivity contribution in [3.8, 4) is 5.75 Å². The van der Waals surface area contributed by atoms with Crippen LogP contribution >= 0.6 is 0 Å². The molecular formula is C19H21FN2O3. The predicted octanol–water partition coefficient (Wildman–Crippen LogP) is 3.07. The highest BCUT2D eigenvalue weighted by Crippen LogP contribution is 2.33. The second-order valence-electron chi connectivity index (χ2n) is 5.98. The number of para-hydroxylation sites is 1. The van der Waals surface area contributed by atoms with Crippen molar-refractivity contribution in [1.29, 1.82) is 0 Å². The molecule has 0 aliphatic carbocycles. The van der Waals surface area contributed by atoms with Crippen molar-refractivity contribution >= 4 is 6.03 Å². The smallest absolute Gasteiger partial charge is 0.315 e. The van der Waals surface area contributed by atoms with Crippen molar-refractivity contribution in [1.82, 2.24) is 10.6 Å². The number of fused-ring (bicyclic) bond motifs is 1. The van der Waals surface area contributed by atoms with Crippen molar-refractivity contribution in [2.75, 3.05) is 13.2 Å². The lowest BCUT2D eigenvalue weighted by atomic mass is 10.0. The number of hydrogen-bond donors (Lipinski definition) is 3. The number of hydrogen-bond acceptors (Lipinski definition) is 3. The number of nitrogens with one attached hydrogen (secondary N) is 2. The van der Waals surface area contributed by atoms with E-state index in [1.54, 1.807) is 24.3 Å². The average molecular weight is 344 g/mol. The van der Waals surface area contributed by atoms with Crippen LogP contribution in [0.5, 0.6) is 5.75 Å². The third-order valence-electron chi connectivity index (χ3n) is 4.20. The summed E-state index contributed by atoms with van der Waals surface area (Å²) in [6.45, 7) is 0.509. The van der Waals surface area contributed by atoms with Crippen molar-refractivity contribution < 1.29 is 19.0 Å². The summed E-state index contributed by atoms with van der Waals surface area (Å²) in [6.07, 6.45) is 0.589. The first-order chi connectivity index (χ1) is 12.1. The van der Waals surface area contributed by atoms with Crippen LogP contribution in [0.4, 0.5) is 9.18 Å². The summed E-state index contributed by atoms with van der Waals surface area (Å²) in [5.74, 6) is -0.222. The number of carbonyl (C=O) groups excluding carboxylic acids is 1. The molecule has 0 saturated carbocycles. The van der Waals surface area contributed by atoms with E-state index >= 15 is 0 Å². The largest absolute Gasteiger partial charge is 0.490 e. The zero-order chi connectivity index (χ0) is 17.6. The third-order valence-corrected chi connectivity index (χ3v) is 4.20. The maximum atomic E-state index is 13.9. The van der Waals surface area contributed by atoms with Gasteiger partial charge in [-0.15, -0.1) is 0 Å². The van der Waals surface area contributed by atoms with Gasteiger partial charge in [0.2, 0.25) is 0 Å². The van der Waals surface area contributed by atoms with E-state index in [0.717, 1.165) is 5.56 Å². The molecule has 3 rings (SSSR count). The Balaban J connectivity index is 1.61. The zero-order valence-electron chi connectivity index (χ0n) is 13.7. The first-order valence-corrected chi connectivity index (χ1v) is 8.33. The maximum absolute atomic E-state index is 13.9. The summed E-state index contributed by atoms with van der Waals surface area (Å²) < 4.78 is 19.4. The summed E-state index contributed by atoms with van der Waals surface area (Å²) in [5, 5.41) is 15.6. The fourth-order valence-corrected chi connectivity index (χ4v) is 2.91. The van der Waals surface area contributed by atoms with Crippen LogP contribution in [0.15, 0.2) is 48.5 Å². The maximum Gasteiger partial charge on any atom is 0.315 e. The minimum atomic E-state index is -0.783. The third kappa shape index (κ3) is 4.28. The Labute approximate surface area is 145 Å². The molecule has 2 aromatic carbocycles. The number of benzene rings is 2. The molecule has 25 heavy (non-hydrogen) atoms. The van der Waals surface area contributed by atoms with Gasteiger partial charge in [-0.05, 0) is 24.5 Å². The fraction of sp³-hybridized carbons (Fsp3) is 0.316. The molecule has 132 valence electrons. The molecule has 3 N–H and O–H groups in total. The van der Waals surface area contributed by atoms with E-state index in [0.29, 0.717) is 25.0 Å². The molecule has 2 amide bonds. The van der Waals surface area contributed by atoms with E-state index in [1.165, 1.54) is 6.07 Å². The lowest BCUT2D eigenvalue weighted by Gasteiger charge is -2.20. The minimum absolute atomic E-state index is 0.0923. The van der Waals surface area contributed by atoms with Gasteiger partial charge in [0.1, 0.15) is 0 Å². The van der Waals surface area contributed by atoms with Gasteiger partial charge in [0.25, 0.3) is 0 Å². The van der Waals surface area contributed by atoms with Crippen LogP contribution in [-0.2, 0) is 0 Å². The van der Waals surface area contributed by atoms with E-state index in [9.17, 15) is 14.3 Å². The molecule has 0 radical (unpaired) electrons. The summed E-state index contributed by atoms with van der Waals surface area (Å²) in [5.41, 5.74) is 1.37. The van der Waals surface area contributed by atoms with Crippen molar-refractivity contribution in [2.24, 2.45) is 0 Å². The molecule has 1 heterocycles. The zero-order valence-corrected chi connectivity index (χ0v) is 13.7. The topological polar surface area (TPSA) is 70.6 Å². The predicted molar refractivity (Wildman–Crippen MR) is 91.8 cm³/mol. The van der Waals surface area contributed by atoms with Gasteiger partial charge in [-0.3, -0.25) is 0 Å². The Morgan fingerprint density at radius 2 is 2.04 bits per heavy atom. The Hall–Kier alpha value is -2.60. The highest BCUT2D eigenvalue weighted by atomic mass is 19.1. The second kappa shape index (κ2) is 7.98. The van der Waals surface area contributed by atoms with Crippen LogP contribution in [0.2, 0.25) is 0 Å². The van der Waals surface area contributed by atoms with Crippen LogP contribution in [0.25, 0.3) is 0 Å². The van der Waals surface area contributed by atoms with Crippen LogP contribution in [0.1, 0.15) is 36.1 Å². The standard InChI is InChI=1S/C19H21FN2O3/c20-15-9-4-8-14-16(10-5-11-25-18(14)15)22-19(24)21-12-17(23)13-6-2-1-3-7-13/h1-4,6-9,16-17,23H,5,10-12H2,(H2,21,22,24). The summed E-state index contributed by atoms with van der Waals surface area (Å²) >= 11 is 0. The van der Waals surface area contributed by atoms with E-state index in [4.69, 9.17) is 4.74 Å². The number of aliphatic hydroxyl groups is 1. The molecule has 6 heteroatoms. The van der Waals surface area contributed by atoms with E-state index in [1.807, 2.05) is 18.2 Å². The minimum Gasteiger partial charge on any atom is -0.490 e. The average Bonchev–Trinajstić information content (AvgIpc) is 2.84. The molecule has 1 aliphatic rings. The molecule has 0 aromatic heterocycles. The Bertz CT molecular complexity index is 724. The molecule has 0 bridgehead atoms. The highest BCUT2D eigenvalue weighted by Gasteiger charge is 2.23. The Morgan fingerprint density at radius 3 is 2.84 bits per heavy atom. The highest BCUT2D eigenvalue weighted by molar-refractivity contribution is 5.74. The Kier molecular flexibility index (Phi) is 5.50. The van der Waals surface area contributed by atoms with Gasteiger partial charge < -0.3 is 20.5 Å². The number of halogens is 1. The van der Waals surface area contributed by atoms with Crippen molar-refractivity contribution in [3.05, 3.63) is 65.5 Å². The summed E-state index contributed by atoms with van der Waals surface area (Å²) in [4.78, 5) is 12.2. The number of ether oxygens (including phenoxy) is 1. The quantitative estimate of drug-likeness (QED) is 0.798. The van der Waals surface area contributed by atoms with Crippen LogP contribution in [0, 0.1) is 5.82 Å². The van der Waals surface area contributed by atoms with Gasteiger partial charge in [0, 0.05) is 12.1 Å². The molecule has 5 nitrogen and oxygen atoms in total. The van der Waals surface area contributed by atoms with Crippen molar-refractivity contribution in [2.45, 2.75) is 25.0 Å². The number of amides is 2. The van der Waals surface area contributed by atoms with Crippen LogP contribution in [0.3, 0.4) is 0 Å². The SMILES string of the molecule is O=C(NCC(O)c1ccccc1)NC1CCCOc2c(F)cccc21. The second-order valence-corrected chi connectivity index (χ2v) is 5.98. The van der Waals surface area contributed by atoms with Gasteiger partial charge in [-0.1, -0.05) is 42.5 Å². The molecule has 0 spiro atoms. The van der Waals surface area contributed by atoms with Gasteiger partial charge >= 0.3 is 6.03 Å². The lowest BCUT2D eigenvalue weighted by molar-refractivity contribution is 0.172. The molecule has 0 saturated heterocycles. The number of aliphatic hydroxyl groups excluding tert-OH is 1. The monoisotopic (exact) mass is 344 g/mol. The van der Waals surface area contributed by atoms with Gasteiger partial charge in [0.05, 0.1) is 18.8 Å². The summed E-state index contributed by atoms with van der Waals surface area (Å²) in [6, 6.07) is 13.1. The van der Waals surface area contributed by atoms with Gasteiger partial charge in [-0.25, -0.2) is 9.18 Å². The van der Waals surface area contributed by atoms with E-state index in [2.05, 4.69) is 10.6 Å². The normalized spacial score (nSPS) is 17.6. The van der Waals surface area contributed by atoms with E-state index < -0.39 is 18.0 Å². The number of carbonyl (C=O) groups is 1. The number of rotatable bonds is 4. The van der Waals surface area contributed by atoms with Gasteiger partial charge in [0.15, 0.2) is 11.6 Å². The first kappa shape index (κ1) is 17.2. The molecule has 2 aromatic rings. The first-order valence-electron chi connectivity index (χ1n) is 8.33. The number of urea groups is 1. The van der Waals surface area contributed by atoms with Crippen LogP contribution in [-0.4, -0.2) is 24.3 Å². The molecule has 2 atom stereocenters. The summed E-state index contributed by atoms with van der Waals surface area (Å²) in [7, 11) is 0. The lowest BCUT2D eigenvalue weighted by Crippen LogP contribution is -2.39. The molecule has 1 aliphatic heterocycles. The molecular weight excluding hydrogens is 323 g/mol. The molecule has 0 fully saturated rings. The van der Waals surface area contributed by atoms with Gasteiger partial charge in [-0.2, -0.15) is 0 Å². The van der Waals surface area contributed by atoms with Crippen molar-refractivity contribution in [3.63, 3.8) is 0 Å². The fourth-order valence-electron chi connectivity index (χ4n) is 2.91.